The van der Waals surface area contributed by atoms with Gasteiger partial charge >= 0.3 is 0 Å². The number of anilines is 1. The molecule has 0 saturated heterocycles. The van der Waals surface area contributed by atoms with Gasteiger partial charge in [-0.25, -0.2) is 0 Å². The molecule has 0 fully saturated rings. The van der Waals surface area contributed by atoms with E-state index in [-0.39, 0.29) is 0 Å². The number of hydrogen-bond donors (Lipinski definition) is 1. The normalized spacial score (nSPS) is 10.9. The smallest absolute Gasteiger partial charge is 0.0317 e. The highest BCUT2D eigenvalue weighted by atomic mass is 79.9. The Morgan fingerprint density at radius 3 is 2.53 bits per heavy atom. The van der Waals surface area contributed by atoms with Crippen molar-refractivity contribution in [3.8, 4) is 0 Å². The van der Waals surface area contributed by atoms with Crippen LogP contribution in [0.4, 0.5) is 5.69 Å². The van der Waals surface area contributed by atoms with E-state index in [1.165, 1.54) is 11.1 Å². The van der Waals surface area contributed by atoms with E-state index in [0.29, 0.717) is 0 Å². The van der Waals surface area contributed by atoms with Crippen LogP contribution in [-0.2, 0) is 13.0 Å². The van der Waals surface area contributed by atoms with Crippen molar-refractivity contribution in [1.29, 1.82) is 0 Å². The average molecular weight is 319 g/mol. The molecule has 2 aromatic carbocycles. The molecule has 0 amide bonds. The van der Waals surface area contributed by atoms with Gasteiger partial charge in [-0.2, -0.15) is 0 Å². The highest BCUT2D eigenvalue weighted by molar-refractivity contribution is 9.10. The van der Waals surface area contributed by atoms with Crippen LogP contribution in [-0.4, -0.2) is 18.5 Å². The lowest BCUT2D eigenvalue weighted by molar-refractivity contribution is 0.331. The fourth-order valence-electron chi connectivity index (χ4n) is 2.09. The zero-order valence-corrected chi connectivity index (χ0v) is 12.7. The summed E-state index contributed by atoms with van der Waals surface area (Å²) >= 11 is 3.50. The summed E-state index contributed by atoms with van der Waals surface area (Å²) < 4.78 is 1.14. The maximum atomic E-state index is 5.79. The molecule has 0 aliphatic carbocycles. The van der Waals surface area contributed by atoms with Gasteiger partial charge in [-0.15, -0.1) is 0 Å². The molecule has 0 bridgehead atoms. The van der Waals surface area contributed by atoms with Gasteiger partial charge in [-0.3, -0.25) is 0 Å². The number of likely N-dealkylation sites (N-methyl/N-ethyl adjacent to an activating group) is 1. The summed E-state index contributed by atoms with van der Waals surface area (Å²) in [6.45, 7) is 1.96. The quantitative estimate of drug-likeness (QED) is 0.852. The van der Waals surface area contributed by atoms with Crippen LogP contribution in [0.3, 0.4) is 0 Å². The molecule has 0 aromatic heterocycles. The molecule has 0 radical (unpaired) electrons. The molecule has 2 aromatic rings. The van der Waals surface area contributed by atoms with Crippen LogP contribution < -0.4 is 5.73 Å². The minimum Gasteiger partial charge on any atom is -0.399 e. The van der Waals surface area contributed by atoms with Crippen LogP contribution in [0.1, 0.15) is 11.1 Å². The predicted molar refractivity (Wildman–Crippen MR) is 85.0 cm³/mol. The topological polar surface area (TPSA) is 29.3 Å². The fourth-order valence-corrected chi connectivity index (χ4v) is 2.54. The van der Waals surface area contributed by atoms with Gasteiger partial charge in [-0.05, 0) is 48.9 Å². The molecular formula is C16H19BrN2. The van der Waals surface area contributed by atoms with Gasteiger partial charge in [0.1, 0.15) is 0 Å². The van der Waals surface area contributed by atoms with E-state index in [4.69, 9.17) is 5.73 Å². The van der Waals surface area contributed by atoms with Crippen LogP contribution in [0.25, 0.3) is 0 Å². The third-order valence-corrected chi connectivity index (χ3v) is 3.57. The first-order valence-corrected chi connectivity index (χ1v) is 7.20. The van der Waals surface area contributed by atoms with Gasteiger partial charge < -0.3 is 10.6 Å². The highest BCUT2D eigenvalue weighted by Crippen LogP contribution is 2.13. The molecule has 0 spiro atoms. The molecule has 2 rings (SSSR count). The molecule has 0 atom stereocenters. The summed E-state index contributed by atoms with van der Waals surface area (Å²) in [6, 6.07) is 16.6. The maximum Gasteiger partial charge on any atom is 0.0317 e. The Balaban J connectivity index is 1.86. The molecule has 2 nitrogen and oxygen atoms in total. The van der Waals surface area contributed by atoms with Gasteiger partial charge in [0.25, 0.3) is 0 Å². The van der Waals surface area contributed by atoms with E-state index in [2.05, 4.69) is 58.2 Å². The van der Waals surface area contributed by atoms with Crippen molar-refractivity contribution in [3.63, 3.8) is 0 Å². The van der Waals surface area contributed by atoms with E-state index in [9.17, 15) is 0 Å². The number of benzene rings is 2. The van der Waals surface area contributed by atoms with E-state index in [1.807, 2.05) is 18.2 Å². The Morgan fingerprint density at radius 2 is 1.79 bits per heavy atom. The first kappa shape index (κ1) is 14.1. The molecule has 0 heterocycles. The van der Waals surface area contributed by atoms with Crippen LogP contribution >= 0.6 is 15.9 Å². The van der Waals surface area contributed by atoms with E-state index < -0.39 is 0 Å². The summed E-state index contributed by atoms with van der Waals surface area (Å²) in [6.07, 6.45) is 1.05. The molecule has 100 valence electrons. The van der Waals surface area contributed by atoms with Crippen LogP contribution in [0.5, 0.6) is 0 Å². The van der Waals surface area contributed by atoms with E-state index in [1.54, 1.807) is 0 Å². The highest BCUT2D eigenvalue weighted by Gasteiger charge is 2.02. The zero-order valence-electron chi connectivity index (χ0n) is 11.1. The maximum absolute atomic E-state index is 5.79. The fraction of sp³-hybridized carbons (Fsp3) is 0.250. The Labute approximate surface area is 123 Å². The Kier molecular flexibility index (Phi) is 5.00. The summed E-state index contributed by atoms with van der Waals surface area (Å²) in [5.41, 5.74) is 9.24. The van der Waals surface area contributed by atoms with Crippen LogP contribution in [0.15, 0.2) is 53.0 Å². The van der Waals surface area contributed by atoms with Gasteiger partial charge in [0.2, 0.25) is 0 Å². The molecule has 0 saturated carbocycles. The first-order chi connectivity index (χ1) is 9.13. The molecule has 0 aliphatic rings. The number of halogens is 1. The van der Waals surface area contributed by atoms with Crippen molar-refractivity contribution in [2.24, 2.45) is 0 Å². The van der Waals surface area contributed by atoms with Crippen LogP contribution in [0.2, 0.25) is 0 Å². The number of hydrogen-bond acceptors (Lipinski definition) is 2. The lowest BCUT2D eigenvalue weighted by atomic mass is 10.1. The number of nitrogen functional groups attached to an aromatic ring is 1. The standard InChI is InChI=1S/C16H19BrN2/c1-19(12-14-5-3-7-16(18)11-14)9-8-13-4-2-6-15(17)10-13/h2-7,10-11H,8-9,12,18H2,1H3. The van der Waals surface area contributed by atoms with Crippen molar-refractivity contribution < 1.29 is 0 Å². The second-order valence-electron chi connectivity index (χ2n) is 4.86. The molecular weight excluding hydrogens is 300 g/mol. The van der Waals surface area contributed by atoms with Gasteiger partial charge in [0, 0.05) is 23.2 Å². The van der Waals surface area contributed by atoms with Crippen molar-refractivity contribution in [3.05, 3.63) is 64.1 Å². The van der Waals surface area contributed by atoms with E-state index in [0.717, 1.165) is 29.7 Å². The lowest BCUT2D eigenvalue weighted by Gasteiger charge is -2.17. The molecule has 0 unspecified atom stereocenters. The molecule has 2 N–H and O–H groups in total. The second kappa shape index (κ2) is 6.73. The summed E-state index contributed by atoms with van der Waals surface area (Å²) in [7, 11) is 2.14. The number of nitrogens with zero attached hydrogens (tertiary/aromatic N) is 1. The lowest BCUT2D eigenvalue weighted by Crippen LogP contribution is -2.20. The van der Waals surface area contributed by atoms with Crippen molar-refractivity contribution in [1.82, 2.24) is 4.90 Å². The number of rotatable bonds is 5. The minimum atomic E-state index is 0.831. The Morgan fingerprint density at radius 1 is 1.05 bits per heavy atom. The third-order valence-electron chi connectivity index (χ3n) is 3.07. The van der Waals surface area contributed by atoms with E-state index >= 15 is 0 Å². The molecule has 19 heavy (non-hydrogen) atoms. The largest absolute Gasteiger partial charge is 0.399 e. The SMILES string of the molecule is CN(CCc1cccc(Br)c1)Cc1cccc(N)c1. The summed E-state index contributed by atoms with van der Waals surface area (Å²) in [5.74, 6) is 0. The number of nitrogens with two attached hydrogens (primary N) is 1. The molecule has 0 aliphatic heterocycles. The summed E-state index contributed by atoms with van der Waals surface area (Å²) in [5, 5.41) is 0. The summed E-state index contributed by atoms with van der Waals surface area (Å²) in [4.78, 5) is 2.32. The minimum absolute atomic E-state index is 0.831. The first-order valence-electron chi connectivity index (χ1n) is 6.41. The van der Waals surface area contributed by atoms with Gasteiger partial charge in [0.15, 0.2) is 0 Å². The van der Waals surface area contributed by atoms with Gasteiger partial charge in [0.05, 0.1) is 0 Å². The predicted octanol–water partition coefficient (Wildman–Crippen LogP) is 3.71. The van der Waals surface area contributed by atoms with Crippen molar-refractivity contribution >= 4 is 21.6 Å². The van der Waals surface area contributed by atoms with Crippen molar-refractivity contribution in [2.45, 2.75) is 13.0 Å². The zero-order chi connectivity index (χ0) is 13.7. The average Bonchev–Trinajstić information content (AvgIpc) is 2.36. The van der Waals surface area contributed by atoms with Crippen molar-refractivity contribution in [2.75, 3.05) is 19.3 Å². The monoisotopic (exact) mass is 318 g/mol. The Hall–Kier alpha value is -1.32. The van der Waals surface area contributed by atoms with Crippen LogP contribution in [0, 0.1) is 0 Å². The van der Waals surface area contributed by atoms with Gasteiger partial charge in [-0.1, -0.05) is 40.2 Å². The third kappa shape index (κ3) is 4.69. The second-order valence-corrected chi connectivity index (χ2v) is 5.78. The Bertz CT molecular complexity index is 540. The molecule has 3 heteroatoms.